The van der Waals surface area contributed by atoms with Gasteiger partial charge in [0.15, 0.2) is 0 Å². The monoisotopic (exact) mass is 472 g/mol. The second-order valence-electron chi connectivity index (χ2n) is 7.40. The fourth-order valence-electron chi connectivity index (χ4n) is 3.53. The Kier molecular flexibility index (Phi) is 7.55. The van der Waals surface area contributed by atoms with Gasteiger partial charge in [0.2, 0.25) is 10.0 Å². The zero-order valence-electron chi connectivity index (χ0n) is 17.0. The van der Waals surface area contributed by atoms with Crippen molar-refractivity contribution in [3.8, 4) is 0 Å². The molecule has 2 aromatic carbocycles. The van der Waals surface area contributed by atoms with E-state index < -0.39 is 27.7 Å². The van der Waals surface area contributed by atoms with Crippen molar-refractivity contribution < 1.29 is 36.3 Å². The van der Waals surface area contributed by atoms with Gasteiger partial charge in [-0.15, -0.1) is 0 Å². The SMILES string of the molecule is O=C(NO)c1ccccc1S(=O)(=O)N1CCCC(OCc2ccc(C(F)(F)F)cc2)CC1. The molecule has 3 rings (SSSR count). The Morgan fingerprint density at radius 3 is 2.44 bits per heavy atom. The average molecular weight is 472 g/mol. The molecule has 1 fully saturated rings. The maximum atomic E-state index is 13.1. The molecule has 1 heterocycles. The van der Waals surface area contributed by atoms with E-state index in [-0.39, 0.29) is 36.3 Å². The third-order valence-corrected chi connectivity index (χ3v) is 7.21. The number of carbonyl (C=O) groups excluding carboxylic acids is 1. The van der Waals surface area contributed by atoms with E-state index in [2.05, 4.69) is 0 Å². The van der Waals surface area contributed by atoms with Crippen LogP contribution in [0.5, 0.6) is 0 Å². The Balaban J connectivity index is 1.63. The van der Waals surface area contributed by atoms with Crippen molar-refractivity contribution in [3.63, 3.8) is 0 Å². The summed E-state index contributed by atoms with van der Waals surface area (Å²) < 4.78 is 71.3. The molecule has 7 nitrogen and oxygen atoms in total. The van der Waals surface area contributed by atoms with Gasteiger partial charge >= 0.3 is 6.18 Å². The smallest absolute Gasteiger partial charge is 0.373 e. The molecule has 1 aliphatic rings. The standard InChI is InChI=1S/C21H23F3N2O5S/c22-21(23,24)16-9-7-15(8-10-16)14-31-17-4-3-12-26(13-11-17)32(29,30)19-6-2-1-5-18(19)20(27)25-28/h1-2,5-10,17,28H,3-4,11-14H2,(H,25,27). The number of hydroxylamine groups is 1. The van der Waals surface area contributed by atoms with Crippen molar-refractivity contribution in [2.24, 2.45) is 0 Å². The van der Waals surface area contributed by atoms with Crippen molar-refractivity contribution >= 4 is 15.9 Å². The third-order valence-electron chi connectivity index (χ3n) is 5.25. The fraction of sp³-hybridized carbons (Fsp3) is 0.381. The second-order valence-corrected chi connectivity index (χ2v) is 9.31. The van der Waals surface area contributed by atoms with Gasteiger partial charge in [-0.2, -0.15) is 17.5 Å². The molecule has 0 aliphatic carbocycles. The maximum Gasteiger partial charge on any atom is 0.416 e. The summed E-state index contributed by atoms with van der Waals surface area (Å²) in [7, 11) is -3.98. The molecule has 1 unspecified atom stereocenters. The molecule has 1 amide bonds. The molecular formula is C21H23F3N2O5S. The van der Waals surface area contributed by atoms with Crippen LogP contribution in [0, 0.1) is 0 Å². The van der Waals surface area contributed by atoms with Crippen molar-refractivity contribution in [1.82, 2.24) is 9.79 Å². The van der Waals surface area contributed by atoms with Gasteiger partial charge in [-0.3, -0.25) is 10.0 Å². The van der Waals surface area contributed by atoms with E-state index >= 15 is 0 Å². The number of alkyl halides is 3. The predicted octanol–water partition coefficient (Wildman–Crippen LogP) is 3.58. The van der Waals surface area contributed by atoms with E-state index in [1.54, 1.807) is 0 Å². The number of benzene rings is 2. The van der Waals surface area contributed by atoms with E-state index in [0.717, 1.165) is 12.1 Å². The van der Waals surface area contributed by atoms with Crippen LogP contribution in [-0.4, -0.2) is 43.0 Å². The number of ether oxygens (including phenoxy) is 1. The average Bonchev–Trinajstić information content (AvgIpc) is 3.03. The van der Waals surface area contributed by atoms with E-state index in [9.17, 15) is 26.4 Å². The van der Waals surface area contributed by atoms with Crippen LogP contribution < -0.4 is 5.48 Å². The normalized spacial score (nSPS) is 18.2. The first kappa shape index (κ1) is 24.2. The number of amides is 1. The molecule has 0 radical (unpaired) electrons. The van der Waals surface area contributed by atoms with Gasteiger partial charge in [0.25, 0.3) is 5.91 Å². The Morgan fingerprint density at radius 2 is 1.78 bits per heavy atom. The number of nitrogens with zero attached hydrogens (tertiary/aromatic N) is 1. The topological polar surface area (TPSA) is 95.9 Å². The minimum Gasteiger partial charge on any atom is -0.373 e. The van der Waals surface area contributed by atoms with Crippen LogP contribution in [0.15, 0.2) is 53.4 Å². The molecule has 32 heavy (non-hydrogen) atoms. The second kappa shape index (κ2) is 9.99. The maximum absolute atomic E-state index is 13.1. The zero-order chi connectivity index (χ0) is 23.4. The summed E-state index contributed by atoms with van der Waals surface area (Å²) in [6, 6.07) is 10.3. The lowest BCUT2D eigenvalue weighted by Gasteiger charge is -2.21. The summed E-state index contributed by atoms with van der Waals surface area (Å²) >= 11 is 0. The van der Waals surface area contributed by atoms with Gasteiger partial charge in [0, 0.05) is 13.1 Å². The minimum atomic E-state index is -4.40. The van der Waals surface area contributed by atoms with Crippen LogP contribution in [0.25, 0.3) is 0 Å². The number of rotatable bonds is 6. The highest BCUT2D eigenvalue weighted by molar-refractivity contribution is 7.89. The van der Waals surface area contributed by atoms with Crippen LogP contribution in [0.1, 0.15) is 40.7 Å². The summed E-state index contributed by atoms with van der Waals surface area (Å²) in [4.78, 5) is 11.7. The molecule has 0 saturated carbocycles. The van der Waals surface area contributed by atoms with Crippen LogP contribution in [0.3, 0.4) is 0 Å². The molecule has 1 aliphatic heterocycles. The number of carbonyl (C=O) groups is 1. The van der Waals surface area contributed by atoms with Gasteiger partial charge < -0.3 is 4.74 Å². The van der Waals surface area contributed by atoms with Crippen molar-refractivity contribution in [3.05, 3.63) is 65.2 Å². The largest absolute Gasteiger partial charge is 0.416 e. The van der Waals surface area contributed by atoms with Crippen LogP contribution in [0.4, 0.5) is 13.2 Å². The van der Waals surface area contributed by atoms with Crippen LogP contribution in [0.2, 0.25) is 0 Å². The lowest BCUT2D eigenvalue weighted by Crippen LogP contribution is -2.34. The number of hydrogen-bond donors (Lipinski definition) is 2. The molecule has 1 atom stereocenters. The highest BCUT2D eigenvalue weighted by Crippen LogP contribution is 2.29. The first-order valence-electron chi connectivity index (χ1n) is 9.94. The Bertz CT molecular complexity index is 1040. The Morgan fingerprint density at radius 1 is 1.09 bits per heavy atom. The van der Waals surface area contributed by atoms with Crippen molar-refractivity contribution in [2.45, 2.75) is 43.0 Å². The molecule has 1 saturated heterocycles. The number of nitrogens with one attached hydrogen (secondary N) is 1. The zero-order valence-corrected chi connectivity index (χ0v) is 17.8. The molecular weight excluding hydrogens is 449 g/mol. The van der Waals surface area contributed by atoms with E-state index in [4.69, 9.17) is 9.94 Å². The van der Waals surface area contributed by atoms with E-state index in [1.165, 1.54) is 46.2 Å². The lowest BCUT2D eigenvalue weighted by atomic mass is 10.1. The van der Waals surface area contributed by atoms with Gasteiger partial charge in [0.05, 0.1) is 28.7 Å². The summed E-state index contributed by atoms with van der Waals surface area (Å²) in [5, 5.41) is 8.90. The first-order chi connectivity index (χ1) is 15.1. The molecule has 0 spiro atoms. The highest BCUT2D eigenvalue weighted by Gasteiger charge is 2.31. The quantitative estimate of drug-likeness (QED) is 0.495. The molecule has 11 heteroatoms. The van der Waals surface area contributed by atoms with Crippen LogP contribution >= 0.6 is 0 Å². The summed E-state index contributed by atoms with van der Waals surface area (Å²) in [6.07, 6.45) is -3.15. The number of halogens is 3. The molecule has 0 aromatic heterocycles. The molecule has 2 N–H and O–H groups in total. The third kappa shape index (κ3) is 5.66. The summed E-state index contributed by atoms with van der Waals surface area (Å²) in [6.45, 7) is 0.516. The molecule has 0 bridgehead atoms. The number of sulfonamides is 1. The van der Waals surface area contributed by atoms with E-state index in [0.29, 0.717) is 24.8 Å². The Hall–Kier alpha value is -2.47. The lowest BCUT2D eigenvalue weighted by molar-refractivity contribution is -0.137. The summed E-state index contributed by atoms with van der Waals surface area (Å²) in [5.41, 5.74) is 1.16. The Labute approximate surface area is 183 Å². The molecule has 174 valence electrons. The predicted molar refractivity (Wildman–Crippen MR) is 108 cm³/mol. The summed E-state index contributed by atoms with van der Waals surface area (Å²) in [5.74, 6) is -0.920. The van der Waals surface area contributed by atoms with Gasteiger partial charge in [-0.25, -0.2) is 13.9 Å². The van der Waals surface area contributed by atoms with Crippen LogP contribution in [-0.2, 0) is 27.5 Å². The molecule has 2 aromatic rings. The van der Waals surface area contributed by atoms with E-state index in [1.807, 2.05) is 0 Å². The minimum absolute atomic E-state index is 0.120. The van der Waals surface area contributed by atoms with Crippen molar-refractivity contribution in [1.29, 1.82) is 0 Å². The number of hydrogen-bond acceptors (Lipinski definition) is 5. The fourth-order valence-corrected chi connectivity index (χ4v) is 5.21. The van der Waals surface area contributed by atoms with Gasteiger partial charge in [-0.05, 0) is 49.1 Å². The first-order valence-corrected chi connectivity index (χ1v) is 11.4. The van der Waals surface area contributed by atoms with Crippen molar-refractivity contribution in [2.75, 3.05) is 13.1 Å². The van der Waals surface area contributed by atoms with Gasteiger partial charge in [-0.1, -0.05) is 24.3 Å². The van der Waals surface area contributed by atoms with Gasteiger partial charge in [0.1, 0.15) is 0 Å². The highest BCUT2D eigenvalue weighted by atomic mass is 32.2.